The normalized spacial score (nSPS) is 20.6. The maximum absolute atomic E-state index is 12.7. The van der Waals surface area contributed by atoms with Crippen molar-refractivity contribution in [3.05, 3.63) is 47.5 Å². The van der Waals surface area contributed by atoms with Gasteiger partial charge in [0.25, 0.3) is 5.91 Å². The highest BCUT2D eigenvalue weighted by atomic mass is 32.2. The van der Waals surface area contributed by atoms with Crippen molar-refractivity contribution < 1.29 is 9.53 Å². The number of ether oxygens (including phenoxy) is 1. The number of morpholine rings is 1. The number of thioether (sulfide) groups is 1. The summed E-state index contributed by atoms with van der Waals surface area (Å²) in [7, 11) is 1.91. The highest BCUT2D eigenvalue weighted by Gasteiger charge is 2.34. The van der Waals surface area contributed by atoms with E-state index in [0.29, 0.717) is 18.8 Å². The van der Waals surface area contributed by atoms with Gasteiger partial charge in [0.05, 0.1) is 24.9 Å². The molecule has 1 N–H and O–H groups in total. The van der Waals surface area contributed by atoms with E-state index < -0.39 is 0 Å². The van der Waals surface area contributed by atoms with E-state index in [0.717, 1.165) is 30.0 Å². The van der Waals surface area contributed by atoms with Gasteiger partial charge in [-0.25, -0.2) is 0 Å². The fourth-order valence-electron chi connectivity index (χ4n) is 3.52. The van der Waals surface area contributed by atoms with E-state index in [1.54, 1.807) is 22.6 Å². The summed E-state index contributed by atoms with van der Waals surface area (Å²) in [6, 6.07) is 3.89. The predicted octanol–water partition coefficient (Wildman–Crippen LogP) is 1.87. The van der Waals surface area contributed by atoms with Gasteiger partial charge in [-0.3, -0.25) is 19.4 Å². The first kappa shape index (κ1) is 19.9. The van der Waals surface area contributed by atoms with Crippen LogP contribution in [0.15, 0.2) is 30.7 Å². The largest absolute Gasteiger partial charge is 0.373 e. The Morgan fingerprint density at radius 2 is 2.33 bits per heavy atom. The first-order chi connectivity index (χ1) is 13.1. The Balaban J connectivity index is 1.72. The van der Waals surface area contributed by atoms with Crippen LogP contribution < -0.4 is 5.32 Å². The van der Waals surface area contributed by atoms with Crippen molar-refractivity contribution in [1.82, 2.24) is 25.0 Å². The third kappa shape index (κ3) is 4.69. The average Bonchev–Trinajstić information content (AvgIpc) is 3.12. The Labute approximate surface area is 164 Å². The Bertz CT molecular complexity index is 766. The summed E-state index contributed by atoms with van der Waals surface area (Å²) in [6.07, 6.45) is 7.45. The number of rotatable bonds is 7. The van der Waals surface area contributed by atoms with Crippen molar-refractivity contribution in [1.29, 1.82) is 0 Å². The van der Waals surface area contributed by atoms with Crippen LogP contribution in [-0.4, -0.2) is 64.2 Å². The summed E-state index contributed by atoms with van der Waals surface area (Å²) in [5.41, 5.74) is 2.55. The zero-order valence-corrected chi connectivity index (χ0v) is 16.9. The second-order valence-electron chi connectivity index (χ2n) is 6.58. The lowest BCUT2D eigenvalue weighted by molar-refractivity contribution is -0.0685. The quantitative estimate of drug-likeness (QED) is 0.779. The van der Waals surface area contributed by atoms with E-state index >= 15 is 0 Å². The molecule has 7 nitrogen and oxygen atoms in total. The SMILES string of the molecule is CCN1CCO[C@@H](CNC(=O)c2ncccc2CSC)[C@@H]1c1cnn(C)c1. The van der Waals surface area contributed by atoms with Gasteiger partial charge in [0.15, 0.2) is 0 Å². The minimum Gasteiger partial charge on any atom is -0.373 e. The van der Waals surface area contributed by atoms with Crippen LogP contribution in [0.1, 0.15) is 34.6 Å². The second-order valence-corrected chi connectivity index (χ2v) is 7.45. The molecule has 0 spiro atoms. The topological polar surface area (TPSA) is 72.3 Å². The van der Waals surface area contributed by atoms with Crippen LogP contribution >= 0.6 is 11.8 Å². The van der Waals surface area contributed by atoms with Gasteiger partial charge in [0.1, 0.15) is 5.69 Å². The summed E-state index contributed by atoms with van der Waals surface area (Å²) in [6.45, 7) is 5.04. The fraction of sp³-hybridized carbons (Fsp3) is 0.526. The molecule has 0 saturated carbocycles. The van der Waals surface area contributed by atoms with E-state index in [1.807, 2.05) is 37.8 Å². The number of aryl methyl sites for hydroxylation is 1. The summed E-state index contributed by atoms with van der Waals surface area (Å²) in [5, 5.41) is 7.33. The third-order valence-corrected chi connectivity index (χ3v) is 5.40. The van der Waals surface area contributed by atoms with Crippen LogP contribution in [0.5, 0.6) is 0 Å². The molecule has 1 amide bonds. The maximum atomic E-state index is 12.7. The Kier molecular flexibility index (Phi) is 6.87. The lowest BCUT2D eigenvalue weighted by Gasteiger charge is -2.40. The minimum absolute atomic E-state index is 0.0761. The molecule has 0 aromatic carbocycles. The molecule has 2 atom stereocenters. The van der Waals surface area contributed by atoms with Crippen LogP contribution in [0.3, 0.4) is 0 Å². The molecule has 1 fully saturated rings. The first-order valence-electron chi connectivity index (χ1n) is 9.19. The molecule has 27 heavy (non-hydrogen) atoms. The van der Waals surface area contributed by atoms with E-state index in [4.69, 9.17) is 4.74 Å². The summed E-state index contributed by atoms with van der Waals surface area (Å²) >= 11 is 1.68. The van der Waals surface area contributed by atoms with Crippen molar-refractivity contribution in [3.63, 3.8) is 0 Å². The summed E-state index contributed by atoms with van der Waals surface area (Å²) < 4.78 is 7.83. The number of nitrogens with zero attached hydrogens (tertiary/aromatic N) is 4. The number of carbonyl (C=O) groups is 1. The molecule has 1 aliphatic rings. The van der Waals surface area contributed by atoms with Crippen LogP contribution in [0.2, 0.25) is 0 Å². The van der Waals surface area contributed by atoms with E-state index in [-0.39, 0.29) is 18.1 Å². The molecule has 0 aliphatic carbocycles. The van der Waals surface area contributed by atoms with Gasteiger partial charge in [-0.2, -0.15) is 16.9 Å². The van der Waals surface area contributed by atoms with E-state index in [2.05, 4.69) is 27.2 Å². The van der Waals surface area contributed by atoms with Crippen LogP contribution in [0.25, 0.3) is 0 Å². The standard InChI is InChI=1S/C19H27N5O2S/c1-4-24-8-9-26-16(18(24)15-10-22-23(2)12-15)11-21-19(25)17-14(13-27-3)6-5-7-20-17/h5-7,10,12,16,18H,4,8-9,11,13H2,1-3H3,(H,21,25)/t16-,18-/m0/s1. The van der Waals surface area contributed by atoms with Crippen LogP contribution in [0, 0.1) is 0 Å². The number of pyridine rings is 1. The van der Waals surface area contributed by atoms with Crippen molar-refractivity contribution in [2.24, 2.45) is 7.05 Å². The van der Waals surface area contributed by atoms with Gasteiger partial charge in [0, 0.05) is 43.8 Å². The van der Waals surface area contributed by atoms with Crippen molar-refractivity contribution in [3.8, 4) is 0 Å². The van der Waals surface area contributed by atoms with Crippen molar-refractivity contribution >= 4 is 17.7 Å². The molecule has 0 radical (unpaired) electrons. The number of carbonyl (C=O) groups excluding carboxylic acids is 1. The Morgan fingerprint density at radius 1 is 1.48 bits per heavy atom. The average molecular weight is 390 g/mol. The van der Waals surface area contributed by atoms with Crippen molar-refractivity contribution in [2.45, 2.75) is 24.8 Å². The number of hydrogen-bond donors (Lipinski definition) is 1. The molecule has 1 saturated heterocycles. The monoisotopic (exact) mass is 389 g/mol. The van der Waals surface area contributed by atoms with Crippen LogP contribution in [-0.2, 0) is 17.5 Å². The smallest absolute Gasteiger partial charge is 0.270 e. The van der Waals surface area contributed by atoms with Gasteiger partial charge in [-0.15, -0.1) is 0 Å². The fourth-order valence-corrected chi connectivity index (χ4v) is 4.07. The molecular formula is C19H27N5O2S. The summed E-state index contributed by atoms with van der Waals surface area (Å²) in [5.74, 6) is 0.611. The molecule has 0 unspecified atom stereocenters. The highest BCUT2D eigenvalue weighted by molar-refractivity contribution is 7.97. The minimum atomic E-state index is -0.151. The molecule has 0 bridgehead atoms. The lowest BCUT2D eigenvalue weighted by atomic mass is 10.0. The Morgan fingerprint density at radius 3 is 3.04 bits per heavy atom. The first-order valence-corrected chi connectivity index (χ1v) is 10.6. The van der Waals surface area contributed by atoms with Gasteiger partial charge >= 0.3 is 0 Å². The molecule has 1 aliphatic heterocycles. The molecule has 3 heterocycles. The molecule has 2 aromatic heterocycles. The number of hydrogen-bond acceptors (Lipinski definition) is 6. The van der Waals surface area contributed by atoms with Gasteiger partial charge in [-0.1, -0.05) is 13.0 Å². The molecule has 3 rings (SSSR count). The second kappa shape index (κ2) is 9.34. The van der Waals surface area contributed by atoms with Gasteiger partial charge < -0.3 is 10.1 Å². The molecule has 8 heteroatoms. The summed E-state index contributed by atoms with van der Waals surface area (Å²) in [4.78, 5) is 19.4. The number of aromatic nitrogens is 3. The van der Waals surface area contributed by atoms with Crippen LogP contribution in [0.4, 0.5) is 0 Å². The van der Waals surface area contributed by atoms with Gasteiger partial charge in [0.2, 0.25) is 0 Å². The highest BCUT2D eigenvalue weighted by Crippen LogP contribution is 2.28. The van der Waals surface area contributed by atoms with Crippen molar-refractivity contribution in [2.75, 3.05) is 32.5 Å². The molecule has 2 aromatic rings. The maximum Gasteiger partial charge on any atom is 0.270 e. The lowest BCUT2D eigenvalue weighted by Crippen LogP contribution is -2.49. The Hall–Kier alpha value is -1.90. The number of likely N-dealkylation sites (N-methyl/N-ethyl adjacent to an activating group) is 1. The van der Waals surface area contributed by atoms with E-state index in [1.165, 1.54) is 0 Å². The molecule has 146 valence electrons. The number of amides is 1. The van der Waals surface area contributed by atoms with E-state index in [9.17, 15) is 4.79 Å². The van der Waals surface area contributed by atoms with Gasteiger partial charge in [-0.05, 0) is 24.4 Å². The number of nitrogens with one attached hydrogen (secondary N) is 1. The zero-order chi connectivity index (χ0) is 19.2. The molecular weight excluding hydrogens is 362 g/mol. The zero-order valence-electron chi connectivity index (χ0n) is 16.1. The predicted molar refractivity (Wildman–Crippen MR) is 107 cm³/mol. The third-order valence-electron chi connectivity index (χ3n) is 4.80.